The fourth-order valence-corrected chi connectivity index (χ4v) is 2.79. The molecule has 0 bridgehead atoms. The molecule has 2 heterocycles. The number of nitrogens with zero attached hydrogens (tertiary/aromatic N) is 5. The van der Waals surface area contributed by atoms with E-state index in [0.717, 1.165) is 23.4 Å². The molecule has 1 amide bonds. The quantitative estimate of drug-likeness (QED) is 0.570. The molecule has 0 atom stereocenters. The van der Waals surface area contributed by atoms with Crippen molar-refractivity contribution >= 4 is 11.6 Å². The molecule has 0 fully saturated rings. The van der Waals surface area contributed by atoms with Gasteiger partial charge in [0, 0.05) is 16.9 Å². The molecule has 4 rings (SSSR count). The summed E-state index contributed by atoms with van der Waals surface area (Å²) in [5.74, 6) is 0.192. The summed E-state index contributed by atoms with van der Waals surface area (Å²) in [5.41, 5.74) is 3.64. The number of benzene rings is 2. The standard InChI is InChI=1S/C19H17N7O/c1-2-15-12-17(23-26(15)16-9-4-3-5-10-16)19(27)20-14-8-6-7-13(11-14)18-21-24-25-22-18/h3-12H,2H2,1H3,(H,20,27)(H,21,22,24,25). The Morgan fingerprint density at radius 2 is 1.96 bits per heavy atom. The lowest BCUT2D eigenvalue weighted by Crippen LogP contribution is -2.13. The number of aromatic nitrogens is 6. The maximum absolute atomic E-state index is 12.7. The number of rotatable bonds is 5. The number of tetrazole rings is 1. The first kappa shape index (κ1) is 16.6. The summed E-state index contributed by atoms with van der Waals surface area (Å²) in [6.45, 7) is 2.03. The van der Waals surface area contributed by atoms with Crippen molar-refractivity contribution in [2.45, 2.75) is 13.3 Å². The summed E-state index contributed by atoms with van der Waals surface area (Å²) in [6.07, 6.45) is 0.766. The van der Waals surface area contributed by atoms with Crippen LogP contribution in [0.3, 0.4) is 0 Å². The lowest BCUT2D eigenvalue weighted by molar-refractivity contribution is 0.102. The number of nitrogens with one attached hydrogen (secondary N) is 2. The zero-order valence-corrected chi connectivity index (χ0v) is 14.6. The highest BCUT2D eigenvalue weighted by Crippen LogP contribution is 2.19. The van der Waals surface area contributed by atoms with Crippen LogP contribution in [0.2, 0.25) is 0 Å². The van der Waals surface area contributed by atoms with Crippen LogP contribution in [0.15, 0.2) is 60.7 Å². The molecule has 134 valence electrons. The molecule has 0 aliphatic rings. The number of aryl methyl sites for hydroxylation is 1. The summed E-state index contributed by atoms with van der Waals surface area (Å²) < 4.78 is 1.80. The minimum atomic E-state index is -0.273. The van der Waals surface area contributed by atoms with Gasteiger partial charge >= 0.3 is 0 Å². The Bertz CT molecular complexity index is 1050. The first-order valence-electron chi connectivity index (χ1n) is 8.54. The number of anilines is 1. The maximum atomic E-state index is 12.7. The Kier molecular flexibility index (Phi) is 4.44. The van der Waals surface area contributed by atoms with Crippen molar-refractivity contribution in [2.75, 3.05) is 5.32 Å². The second kappa shape index (κ2) is 7.20. The number of carbonyl (C=O) groups is 1. The van der Waals surface area contributed by atoms with Crippen molar-refractivity contribution in [3.63, 3.8) is 0 Å². The molecule has 8 heteroatoms. The van der Waals surface area contributed by atoms with E-state index in [1.807, 2.05) is 55.5 Å². The molecular weight excluding hydrogens is 342 g/mol. The van der Waals surface area contributed by atoms with E-state index >= 15 is 0 Å². The predicted molar refractivity (Wildman–Crippen MR) is 101 cm³/mol. The van der Waals surface area contributed by atoms with Gasteiger partial charge in [-0.3, -0.25) is 4.79 Å². The third-order valence-corrected chi connectivity index (χ3v) is 4.10. The van der Waals surface area contributed by atoms with Crippen LogP contribution in [-0.2, 0) is 6.42 Å². The van der Waals surface area contributed by atoms with Crippen molar-refractivity contribution in [1.29, 1.82) is 0 Å². The van der Waals surface area contributed by atoms with E-state index in [9.17, 15) is 4.79 Å². The molecule has 0 aliphatic carbocycles. The van der Waals surface area contributed by atoms with Crippen LogP contribution in [-0.4, -0.2) is 36.3 Å². The topological polar surface area (TPSA) is 101 Å². The number of H-pyrrole nitrogens is 1. The molecule has 0 spiro atoms. The lowest BCUT2D eigenvalue weighted by atomic mass is 10.2. The highest BCUT2D eigenvalue weighted by molar-refractivity contribution is 6.03. The third kappa shape index (κ3) is 3.45. The van der Waals surface area contributed by atoms with E-state index in [1.165, 1.54) is 0 Å². The second-order valence-corrected chi connectivity index (χ2v) is 5.89. The molecule has 0 saturated carbocycles. The van der Waals surface area contributed by atoms with Crippen molar-refractivity contribution in [1.82, 2.24) is 30.4 Å². The molecule has 2 aromatic heterocycles. The van der Waals surface area contributed by atoms with Crippen LogP contribution in [0, 0.1) is 0 Å². The second-order valence-electron chi connectivity index (χ2n) is 5.89. The van der Waals surface area contributed by atoms with Gasteiger partial charge in [0.05, 0.1) is 5.69 Å². The van der Waals surface area contributed by atoms with Crippen LogP contribution in [0.1, 0.15) is 23.1 Å². The van der Waals surface area contributed by atoms with Gasteiger partial charge in [-0.1, -0.05) is 37.3 Å². The monoisotopic (exact) mass is 359 g/mol. The van der Waals surface area contributed by atoms with Crippen molar-refractivity contribution in [3.8, 4) is 17.1 Å². The number of para-hydroxylation sites is 1. The van der Waals surface area contributed by atoms with Gasteiger partial charge in [0.15, 0.2) is 5.69 Å². The Balaban J connectivity index is 1.59. The molecule has 27 heavy (non-hydrogen) atoms. The molecule has 0 unspecified atom stereocenters. The van der Waals surface area contributed by atoms with E-state index in [4.69, 9.17) is 0 Å². The average Bonchev–Trinajstić information content (AvgIpc) is 3.39. The van der Waals surface area contributed by atoms with E-state index in [1.54, 1.807) is 16.8 Å². The highest BCUT2D eigenvalue weighted by atomic mass is 16.1. The zero-order valence-electron chi connectivity index (χ0n) is 14.6. The zero-order chi connectivity index (χ0) is 18.6. The van der Waals surface area contributed by atoms with Gasteiger partial charge in [-0.25, -0.2) is 4.68 Å². The van der Waals surface area contributed by atoms with Crippen molar-refractivity contribution in [2.24, 2.45) is 0 Å². The van der Waals surface area contributed by atoms with Gasteiger partial charge in [-0.2, -0.15) is 10.3 Å². The molecule has 4 aromatic rings. The van der Waals surface area contributed by atoms with Crippen LogP contribution < -0.4 is 5.32 Å². The molecule has 0 saturated heterocycles. The van der Waals surface area contributed by atoms with Crippen LogP contribution >= 0.6 is 0 Å². The predicted octanol–water partition coefficient (Wildman–Crippen LogP) is 2.87. The summed E-state index contributed by atoms with van der Waals surface area (Å²) >= 11 is 0. The van der Waals surface area contributed by atoms with Gasteiger partial charge in [0.1, 0.15) is 0 Å². The Morgan fingerprint density at radius 3 is 2.70 bits per heavy atom. The fraction of sp³-hybridized carbons (Fsp3) is 0.105. The largest absolute Gasteiger partial charge is 0.321 e. The minimum Gasteiger partial charge on any atom is -0.321 e. The van der Waals surface area contributed by atoms with E-state index in [-0.39, 0.29) is 5.91 Å². The van der Waals surface area contributed by atoms with Crippen LogP contribution in [0.5, 0.6) is 0 Å². The molecular formula is C19H17N7O. The normalized spacial score (nSPS) is 10.7. The van der Waals surface area contributed by atoms with Gasteiger partial charge < -0.3 is 5.32 Å². The Morgan fingerprint density at radius 1 is 1.11 bits per heavy atom. The molecule has 2 N–H and O–H groups in total. The number of aromatic amines is 1. The number of carbonyl (C=O) groups excluding carboxylic acids is 1. The molecule has 0 radical (unpaired) electrons. The first-order chi connectivity index (χ1) is 13.2. The summed E-state index contributed by atoms with van der Waals surface area (Å²) in [5, 5.41) is 21.2. The highest BCUT2D eigenvalue weighted by Gasteiger charge is 2.15. The van der Waals surface area contributed by atoms with Gasteiger partial charge in [-0.15, -0.1) is 10.2 Å². The van der Waals surface area contributed by atoms with Crippen molar-refractivity contribution < 1.29 is 4.79 Å². The lowest BCUT2D eigenvalue weighted by Gasteiger charge is -2.05. The molecule has 0 aliphatic heterocycles. The van der Waals surface area contributed by atoms with E-state index < -0.39 is 0 Å². The van der Waals surface area contributed by atoms with Crippen LogP contribution in [0.25, 0.3) is 17.1 Å². The number of amides is 1. The Hall–Kier alpha value is -3.81. The number of hydrogen-bond donors (Lipinski definition) is 2. The summed E-state index contributed by atoms with van der Waals surface area (Å²) in [4.78, 5) is 12.7. The number of hydrogen-bond acceptors (Lipinski definition) is 5. The van der Waals surface area contributed by atoms with E-state index in [2.05, 4.69) is 31.0 Å². The van der Waals surface area contributed by atoms with Gasteiger partial charge in [0.25, 0.3) is 5.91 Å². The smallest absolute Gasteiger partial charge is 0.276 e. The molecule has 2 aromatic carbocycles. The SMILES string of the molecule is CCc1cc(C(=O)Nc2cccc(-c3nn[nH]n3)c2)nn1-c1ccccc1. The van der Waals surface area contributed by atoms with Gasteiger partial charge in [-0.05, 0) is 42.0 Å². The average molecular weight is 359 g/mol. The van der Waals surface area contributed by atoms with Crippen LogP contribution in [0.4, 0.5) is 5.69 Å². The molecule has 8 nitrogen and oxygen atoms in total. The fourth-order valence-electron chi connectivity index (χ4n) is 2.79. The van der Waals surface area contributed by atoms with E-state index in [0.29, 0.717) is 17.2 Å². The van der Waals surface area contributed by atoms with Gasteiger partial charge in [0.2, 0.25) is 5.82 Å². The summed E-state index contributed by atoms with van der Waals surface area (Å²) in [7, 11) is 0. The van der Waals surface area contributed by atoms with Crippen molar-refractivity contribution in [3.05, 3.63) is 72.1 Å². The minimum absolute atomic E-state index is 0.273. The summed E-state index contributed by atoms with van der Waals surface area (Å²) in [6, 6.07) is 18.8. The first-order valence-corrected chi connectivity index (χ1v) is 8.54. The maximum Gasteiger partial charge on any atom is 0.276 e. The Labute approximate surface area is 155 Å². The third-order valence-electron chi connectivity index (χ3n) is 4.10.